The molecule has 1 aromatic rings. The van der Waals surface area contributed by atoms with Crippen LogP contribution in [0.2, 0.25) is 0 Å². The molecule has 0 spiro atoms. The van der Waals surface area contributed by atoms with E-state index in [0.29, 0.717) is 0 Å². The number of nitrogens with one attached hydrogen (secondary N) is 2. The molecule has 0 bridgehead atoms. The number of halogens is 1. The molecular weight excluding hydrogens is 647 g/mol. The number of ether oxygens (including phenoxy) is 4. The molecule has 1 rings (SSSR count). The number of Topliss-reactive ketones (excluding diaryl/α,β-unsaturated/α-hetero) is 3. The number of amides is 2. The van der Waals surface area contributed by atoms with Crippen LogP contribution in [0.15, 0.2) is 30.3 Å². The lowest BCUT2D eigenvalue weighted by atomic mass is 9.88. The van der Waals surface area contributed by atoms with E-state index in [-0.39, 0.29) is 44.6 Å². The normalized spacial score (nSPS) is 13.2. The van der Waals surface area contributed by atoms with Crippen molar-refractivity contribution in [3.8, 4) is 0 Å². The number of esters is 3. The zero-order valence-corrected chi connectivity index (χ0v) is 28.6. The Labute approximate surface area is 285 Å². The molecule has 4 atom stereocenters. The van der Waals surface area contributed by atoms with Gasteiger partial charge in [-0.15, -0.1) is 0 Å². The third kappa shape index (κ3) is 16.8. The van der Waals surface area contributed by atoms with Gasteiger partial charge in [0.1, 0.15) is 13.3 Å². The van der Waals surface area contributed by atoms with Crippen molar-refractivity contribution in [3.63, 3.8) is 0 Å². The summed E-state index contributed by atoms with van der Waals surface area (Å²) in [6.07, 6.45) is -3.40. The molecule has 0 aromatic heterocycles. The van der Waals surface area contributed by atoms with E-state index < -0.39 is 97.1 Å². The fraction of sp³-hybridized carbons (Fsp3) is 0.588. The molecule has 15 heteroatoms. The van der Waals surface area contributed by atoms with Gasteiger partial charge >= 0.3 is 24.0 Å². The largest absolute Gasteiger partial charge is 0.469 e. The Kier molecular flexibility index (Phi) is 19.7. The van der Waals surface area contributed by atoms with Crippen LogP contribution in [0.3, 0.4) is 0 Å². The maximum atomic E-state index is 13.6. The minimum atomic E-state index is -1.45. The van der Waals surface area contributed by atoms with Gasteiger partial charge in [0.2, 0.25) is 5.91 Å². The van der Waals surface area contributed by atoms with Crippen molar-refractivity contribution < 1.29 is 61.7 Å². The van der Waals surface area contributed by atoms with E-state index in [1.807, 2.05) is 13.8 Å². The molecule has 0 heterocycles. The Balaban J connectivity index is 3.23. The van der Waals surface area contributed by atoms with Gasteiger partial charge in [-0.3, -0.25) is 33.6 Å². The van der Waals surface area contributed by atoms with Crippen LogP contribution in [0.1, 0.15) is 70.8 Å². The summed E-state index contributed by atoms with van der Waals surface area (Å²) in [6, 6.07) is 6.41. The van der Waals surface area contributed by atoms with Crippen molar-refractivity contribution in [2.75, 3.05) is 28.0 Å². The van der Waals surface area contributed by atoms with Crippen LogP contribution >= 0.6 is 0 Å². The van der Waals surface area contributed by atoms with Crippen LogP contribution in [0.4, 0.5) is 9.18 Å². The molecule has 2 amide bonds. The molecule has 0 aliphatic heterocycles. The number of alkyl carbamates (subject to hydrolysis) is 1. The minimum absolute atomic E-state index is 0.0438. The molecule has 0 aliphatic rings. The summed E-state index contributed by atoms with van der Waals surface area (Å²) in [5.41, 5.74) is 0.728. The molecule has 2 unspecified atom stereocenters. The quantitative estimate of drug-likeness (QED) is 0.126. The molecule has 49 heavy (non-hydrogen) atoms. The van der Waals surface area contributed by atoms with E-state index >= 15 is 0 Å². The topological polar surface area (TPSA) is 198 Å². The highest BCUT2D eigenvalue weighted by Crippen LogP contribution is 2.20. The van der Waals surface area contributed by atoms with E-state index in [1.54, 1.807) is 30.3 Å². The molecule has 2 N–H and O–H groups in total. The zero-order valence-electron chi connectivity index (χ0n) is 28.6. The first-order valence-corrected chi connectivity index (χ1v) is 15.9. The second kappa shape index (κ2) is 22.8. The summed E-state index contributed by atoms with van der Waals surface area (Å²) in [6.45, 7) is 2.17. The maximum absolute atomic E-state index is 13.6. The first kappa shape index (κ1) is 42.3. The van der Waals surface area contributed by atoms with Gasteiger partial charge in [0.05, 0.1) is 39.8 Å². The maximum Gasteiger partial charge on any atom is 0.408 e. The molecule has 1 aromatic carbocycles. The summed E-state index contributed by atoms with van der Waals surface area (Å²) < 4.78 is 32.4. The second-order valence-corrected chi connectivity index (χ2v) is 11.8. The summed E-state index contributed by atoms with van der Waals surface area (Å²) in [7, 11) is 3.33. The lowest BCUT2D eigenvalue weighted by Crippen LogP contribution is -2.47. The summed E-state index contributed by atoms with van der Waals surface area (Å²) in [5.74, 6) is -8.07. The first-order valence-electron chi connectivity index (χ1n) is 15.9. The predicted molar refractivity (Wildman–Crippen MR) is 171 cm³/mol. The Morgan fingerprint density at radius 1 is 0.673 bits per heavy atom. The molecule has 272 valence electrons. The number of alkyl halides is 1. The molecular formula is C34H47FN2O12. The van der Waals surface area contributed by atoms with Gasteiger partial charge in [-0.2, -0.15) is 0 Å². The third-order valence-corrected chi connectivity index (χ3v) is 7.59. The average molecular weight is 695 g/mol. The van der Waals surface area contributed by atoms with E-state index in [2.05, 4.69) is 24.8 Å². The fourth-order valence-electron chi connectivity index (χ4n) is 4.80. The van der Waals surface area contributed by atoms with E-state index in [1.165, 1.54) is 0 Å². The van der Waals surface area contributed by atoms with Gasteiger partial charge in [0, 0.05) is 37.5 Å². The summed E-state index contributed by atoms with van der Waals surface area (Å²) in [5, 5.41) is 5.05. The molecule has 0 saturated carbocycles. The Morgan fingerprint density at radius 3 is 1.78 bits per heavy atom. The number of benzene rings is 1. The van der Waals surface area contributed by atoms with Crippen molar-refractivity contribution >= 4 is 47.3 Å². The van der Waals surface area contributed by atoms with Crippen molar-refractivity contribution in [2.24, 2.45) is 17.8 Å². The molecule has 14 nitrogen and oxygen atoms in total. The standard InChI is InChI=1S/C34H47FN2O12/c1-21(2)15-26(37-34(45)49-20-22-9-7-6-8-10-22)28(39)16-23(11-13-30(41)46-3)33(44)36-25(12-14-31(42)47-4)27(38)17-24(29(40)19-35)18-32(43)48-5/h6-10,21,23-26H,11-20H2,1-5H3,(H,36,44)(H,37,45)/t23?,24?,25-,26-/m0/s1. The number of methoxy groups -OCH3 is 3. The summed E-state index contributed by atoms with van der Waals surface area (Å²) >= 11 is 0. The highest BCUT2D eigenvalue weighted by Gasteiger charge is 2.33. The second-order valence-electron chi connectivity index (χ2n) is 11.8. The SMILES string of the molecule is COC(=O)CCC(CC(=O)[C@H](CC(C)C)NC(=O)OCc1ccccc1)C(=O)N[C@@H](CCC(=O)OC)C(=O)CC(CC(=O)OC)C(=O)CF. The van der Waals surface area contributed by atoms with Gasteiger partial charge in [0.25, 0.3) is 0 Å². The van der Waals surface area contributed by atoms with E-state index in [0.717, 1.165) is 26.9 Å². The lowest BCUT2D eigenvalue weighted by molar-refractivity contribution is -0.145. The molecule has 0 saturated heterocycles. The fourth-order valence-corrected chi connectivity index (χ4v) is 4.80. The van der Waals surface area contributed by atoms with Gasteiger partial charge in [-0.1, -0.05) is 44.2 Å². The number of rotatable bonds is 23. The highest BCUT2D eigenvalue weighted by molar-refractivity contribution is 5.96. The van der Waals surface area contributed by atoms with Crippen LogP contribution in [0, 0.1) is 17.8 Å². The average Bonchev–Trinajstić information content (AvgIpc) is 3.09. The van der Waals surface area contributed by atoms with Gasteiger partial charge in [-0.25, -0.2) is 9.18 Å². The lowest BCUT2D eigenvalue weighted by Gasteiger charge is -2.25. The number of hydrogen-bond donors (Lipinski definition) is 2. The Morgan fingerprint density at radius 2 is 1.22 bits per heavy atom. The van der Waals surface area contributed by atoms with Gasteiger partial charge < -0.3 is 29.6 Å². The zero-order chi connectivity index (χ0) is 36.9. The van der Waals surface area contributed by atoms with E-state index in [9.17, 15) is 42.7 Å². The monoisotopic (exact) mass is 694 g/mol. The van der Waals surface area contributed by atoms with Crippen LogP contribution in [-0.4, -0.2) is 87.3 Å². The molecule has 0 fully saturated rings. The van der Waals surface area contributed by atoms with Crippen LogP contribution in [0.25, 0.3) is 0 Å². The van der Waals surface area contributed by atoms with Gasteiger partial charge in [0.15, 0.2) is 17.3 Å². The van der Waals surface area contributed by atoms with Gasteiger partial charge in [-0.05, 0) is 30.7 Å². The predicted octanol–water partition coefficient (Wildman–Crippen LogP) is 2.97. The minimum Gasteiger partial charge on any atom is -0.469 e. The summed E-state index contributed by atoms with van der Waals surface area (Å²) in [4.78, 5) is 101. The molecule has 0 radical (unpaired) electrons. The van der Waals surface area contributed by atoms with Crippen molar-refractivity contribution in [1.29, 1.82) is 0 Å². The van der Waals surface area contributed by atoms with Crippen molar-refractivity contribution in [3.05, 3.63) is 35.9 Å². The van der Waals surface area contributed by atoms with Crippen molar-refractivity contribution in [1.82, 2.24) is 10.6 Å². The highest BCUT2D eigenvalue weighted by atomic mass is 19.1. The van der Waals surface area contributed by atoms with Crippen LogP contribution in [0.5, 0.6) is 0 Å². The van der Waals surface area contributed by atoms with Crippen LogP contribution in [-0.2, 0) is 59.1 Å². The number of carbonyl (C=O) groups is 8. The smallest absolute Gasteiger partial charge is 0.408 e. The van der Waals surface area contributed by atoms with E-state index in [4.69, 9.17) is 4.74 Å². The molecule has 0 aliphatic carbocycles. The van der Waals surface area contributed by atoms with Crippen LogP contribution < -0.4 is 10.6 Å². The number of carbonyl (C=O) groups excluding carboxylic acids is 8. The number of hydrogen-bond acceptors (Lipinski definition) is 12. The Hall–Kier alpha value is -4.69. The van der Waals surface area contributed by atoms with Crippen molar-refractivity contribution in [2.45, 2.75) is 83.9 Å². The Bertz CT molecular complexity index is 1290. The number of ketones is 3. The first-order chi connectivity index (χ1) is 23.2. The third-order valence-electron chi connectivity index (χ3n) is 7.59.